The molecule has 6 nitrogen and oxygen atoms in total. The lowest BCUT2D eigenvalue weighted by molar-refractivity contribution is 0.0795. The van der Waals surface area contributed by atoms with Gasteiger partial charge in [0.1, 0.15) is 11.6 Å². The molecule has 1 heterocycles. The van der Waals surface area contributed by atoms with Crippen molar-refractivity contribution in [2.45, 2.75) is 26.4 Å². The highest BCUT2D eigenvalue weighted by molar-refractivity contribution is 5.94. The zero-order chi connectivity index (χ0) is 19.9. The first kappa shape index (κ1) is 19.5. The number of rotatable bonds is 8. The summed E-state index contributed by atoms with van der Waals surface area (Å²) in [4.78, 5) is 18.1. The van der Waals surface area contributed by atoms with Gasteiger partial charge in [-0.25, -0.2) is 4.39 Å². The molecule has 2 aromatic carbocycles. The lowest BCUT2D eigenvalue weighted by Crippen LogP contribution is -2.29. The molecule has 0 bridgehead atoms. The van der Waals surface area contributed by atoms with E-state index in [1.54, 1.807) is 13.1 Å². The molecular formula is C21H22FN3O3. The number of hydrogen-bond donors (Lipinski definition) is 0. The summed E-state index contributed by atoms with van der Waals surface area (Å²) in [5, 5.41) is 3.91. The Hall–Kier alpha value is -3.22. The lowest BCUT2D eigenvalue weighted by atomic mass is 10.2. The SMILES string of the molecule is CCc1ccc(OCc2nc(CCN(C)C(=O)c3cccc(F)c3)no2)cc1. The van der Waals surface area contributed by atoms with Crippen molar-refractivity contribution >= 4 is 5.91 Å². The van der Waals surface area contributed by atoms with Crippen molar-refractivity contribution in [3.05, 3.63) is 77.2 Å². The molecule has 1 aromatic heterocycles. The number of aromatic nitrogens is 2. The minimum absolute atomic E-state index is 0.177. The second-order valence-electron chi connectivity index (χ2n) is 6.38. The quantitative estimate of drug-likeness (QED) is 0.594. The molecule has 0 aliphatic rings. The van der Waals surface area contributed by atoms with Crippen LogP contribution in [-0.2, 0) is 19.4 Å². The van der Waals surface area contributed by atoms with Crippen molar-refractivity contribution in [2.75, 3.05) is 13.6 Å². The molecule has 0 unspecified atom stereocenters. The van der Waals surface area contributed by atoms with Gasteiger partial charge in [0.2, 0.25) is 0 Å². The third kappa shape index (κ3) is 5.16. The summed E-state index contributed by atoms with van der Waals surface area (Å²) < 4.78 is 24.1. The van der Waals surface area contributed by atoms with E-state index in [0.717, 1.165) is 12.2 Å². The first-order valence-corrected chi connectivity index (χ1v) is 9.09. The Morgan fingerprint density at radius 2 is 2.00 bits per heavy atom. The zero-order valence-corrected chi connectivity index (χ0v) is 15.9. The van der Waals surface area contributed by atoms with Crippen LogP contribution in [0.25, 0.3) is 0 Å². The number of hydrogen-bond acceptors (Lipinski definition) is 5. The van der Waals surface area contributed by atoms with Gasteiger partial charge in [-0.15, -0.1) is 0 Å². The Labute approximate surface area is 162 Å². The van der Waals surface area contributed by atoms with Crippen LogP contribution in [0.3, 0.4) is 0 Å². The number of amides is 1. The third-order valence-corrected chi connectivity index (χ3v) is 4.29. The van der Waals surface area contributed by atoms with E-state index < -0.39 is 5.82 Å². The predicted octanol–water partition coefficient (Wildman–Crippen LogP) is 3.66. The summed E-state index contributed by atoms with van der Waals surface area (Å²) in [6.45, 7) is 2.66. The van der Waals surface area contributed by atoms with E-state index in [4.69, 9.17) is 9.26 Å². The number of ether oxygens (including phenoxy) is 1. The average Bonchev–Trinajstić information content (AvgIpc) is 3.18. The van der Waals surface area contributed by atoms with E-state index >= 15 is 0 Å². The molecule has 0 atom stereocenters. The molecule has 28 heavy (non-hydrogen) atoms. The maximum absolute atomic E-state index is 13.3. The van der Waals surface area contributed by atoms with Gasteiger partial charge in [0, 0.05) is 25.6 Å². The summed E-state index contributed by atoms with van der Waals surface area (Å²) in [6, 6.07) is 13.5. The molecule has 1 amide bonds. The number of carbonyl (C=O) groups excluding carboxylic acids is 1. The highest BCUT2D eigenvalue weighted by Gasteiger charge is 2.14. The van der Waals surface area contributed by atoms with Crippen LogP contribution in [0.2, 0.25) is 0 Å². The smallest absolute Gasteiger partial charge is 0.264 e. The van der Waals surface area contributed by atoms with Crippen molar-refractivity contribution in [3.8, 4) is 5.75 Å². The van der Waals surface area contributed by atoms with Crippen molar-refractivity contribution in [1.29, 1.82) is 0 Å². The molecule has 0 N–H and O–H groups in total. The standard InChI is InChI=1S/C21H22FN3O3/c1-3-15-7-9-18(10-8-15)27-14-20-23-19(24-28-20)11-12-25(2)21(26)16-5-4-6-17(22)13-16/h4-10,13H,3,11-12,14H2,1-2H3. The van der Waals surface area contributed by atoms with Crippen molar-refractivity contribution in [2.24, 2.45) is 0 Å². The Morgan fingerprint density at radius 1 is 1.21 bits per heavy atom. The first-order valence-electron chi connectivity index (χ1n) is 9.09. The molecular weight excluding hydrogens is 361 g/mol. The maximum atomic E-state index is 13.3. The number of likely N-dealkylation sites (N-methyl/N-ethyl adjacent to an activating group) is 1. The second kappa shape index (κ2) is 9.12. The molecule has 146 valence electrons. The van der Waals surface area contributed by atoms with Crippen LogP contribution in [0.4, 0.5) is 4.39 Å². The largest absolute Gasteiger partial charge is 0.484 e. The van der Waals surface area contributed by atoms with Gasteiger partial charge in [0.05, 0.1) is 0 Å². The second-order valence-corrected chi connectivity index (χ2v) is 6.38. The van der Waals surface area contributed by atoms with Gasteiger partial charge in [-0.1, -0.05) is 30.3 Å². The highest BCUT2D eigenvalue weighted by atomic mass is 19.1. The maximum Gasteiger partial charge on any atom is 0.264 e. The Morgan fingerprint density at radius 3 is 2.71 bits per heavy atom. The van der Waals surface area contributed by atoms with Gasteiger partial charge >= 0.3 is 0 Å². The number of benzene rings is 2. The topological polar surface area (TPSA) is 68.5 Å². The summed E-state index contributed by atoms with van der Waals surface area (Å²) in [5.74, 6) is 0.887. The van der Waals surface area contributed by atoms with Crippen molar-refractivity contribution in [1.82, 2.24) is 15.0 Å². The Kier molecular flexibility index (Phi) is 6.37. The highest BCUT2D eigenvalue weighted by Crippen LogP contribution is 2.14. The van der Waals surface area contributed by atoms with Crippen LogP contribution >= 0.6 is 0 Å². The lowest BCUT2D eigenvalue weighted by Gasteiger charge is -2.16. The van der Waals surface area contributed by atoms with Crippen LogP contribution < -0.4 is 4.74 Å². The van der Waals surface area contributed by atoms with Crippen molar-refractivity contribution < 1.29 is 18.4 Å². The van der Waals surface area contributed by atoms with E-state index in [1.165, 1.54) is 28.7 Å². The molecule has 0 saturated heterocycles. The van der Waals surface area contributed by atoms with Crippen molar-refractivity contribution in [3.63, 3.8) is 0 Å². The minimum Gasteiger partial charge on any atom is -0.484 e. The van der Waals surface area contributed by atoms with Gasteiger partial charge in [-0.05, 0) is 42.3 Å². The van der Waals surface area contributed by atoms with Crippen LogP contribution in [0.15, 0.2) is 53.1 Å². The summed E-state index contributed by atoms with van der Waals surface area (Å²) >= 11 is 0. The number of aryl methyl sites for hydroxylation is 1. The van der Waals surface area contributed by atoms with E-state index in [1.807, 2.05) is 24.3 Å². The van der Waals surface area contributed by atoms with E-state index in [9.17, 15) is 9.18 Å². The predicted molar refractivity (Wildman–Crippen MR) is 102 cm³/mol. The number of halogens is 1. The molecule has 0 spiro atoms. The fourth-order valence-electron chi connectivity index (χ4n) is 2.63. The van der Waals surface area contributed by atoms with E-state index in [-0.39, 0.29) is 12.5 Å². The van der Waals surface area contributed by atoms with Crippen LogP contribution in [0, 0.1) is 5.82 Å². The van der Waals surface area contributed by atoms with Gasteiger partial charge in [-0.3, -0.25) is 4.79 Å². The average molecular weight is 383 g/mol. The monoisotopic (exact) mass is 383 g/mol. The molecule has 7 heteroatoms. The van der Waals surface area contributed by atoms with Gasteiger partial charge in [-0.2, -0.15) is 4.98 Å². The van der Waals surface area contributed by atoms with Crippen LogP contribution in [0.1, 0.15) is 34.6 Å². The fourth-order valence-corrected chi connectivity index (χ4v) is 2.63. The van der Waals surface area contributed by atoms with Gasteiger partial charge in [0.25, 0.3) is 11.8 Å². The Bertz CT molecular complexity index is 925. The minimum atomic E-state index is -0.439. The summed E-state index contributed by atoms with van der Waals surface area (Å²) in [5.41, 5.74) is 1.54. The molecule has 0 fully saturated rings. The summed E-state index contributed by atoms with van der Waals surface area (Å²) in [7, 11) is 1.65. The number of carbonyl (C=O) groups is 1. The van der Waals surface area contributed by atoms with Gasteiger partial charge in [0.15, 0.2) is 12.4 Å². The molecule has 0 aliphatic carbocycles. The van der Waals surface area contributed by atoms with Gasteiger partial charge < -0.3 is 14.2 Å². The normalized spacial score (nSPS) is 10.7. The van der Waals surface area contributed by atoms with E-state index in [2.05, 4.69) is 17.1 Å². The summed E-state index contributed by atoms with van der Waals surface area (Å²) in [6.07, 6.45) is 1.40. The molecule has 3 rings (SSSR count). The van der Waals surface area contributed by atoms with Crippen LogP contribution in [-0.4, -0.2) is 34.5 Å². The third-order valence-electron chi connectivity index (χ3n) is 4.29. The fraction of sp³-hybridized carbons (Fsp3) is 0.286. The Balaban J connectivity index is 1.49. The van der Waals surface area contributed by atoms with Crippen LogP contribution in [0.5, 0.6) is 5.75 Å². The molecule has 0 aliphatic heterocycles. The molecule has 0 saturated carbocycles. The number of nitrogens with zero attached hydrogens (tertiary/aromatic N) is 3. The molecule has 3 aromatic rings. The zero-order valence-electron chi connectivity index (χ0n) is 15.9. The molecule has 0 radical (unpaired) electrons. The van der Waals surface area contributed by atoms with E-state index in [0.29, 0.717) is 30.2 Å². The first-order chi connectivity index (χ1) is 13.5.